The highest BCUT2D eigenvalue weighted by atomic mass is 19.4. The van der Waals surface area contributed by atoms with Crippen LogP contribution >= 0.6 is 0 Å². The summed E-state index contributed by atoms with van der Waals surface area (Å²) in [6.07, 6.45) is -10.2. The summed E-state index contributed by atoms with van der Waals surface area (Å²) >= 11 is 0. The van der Waals surface area contributed by atoms with Gasteiger partial charge in [0.15, 0.2) is 0 Å². The number of carbonyl (C=O) groups is 1. The van der Waals surface area contributed by atoms with Crippen molar-refractivity contribution in [3.63, 3.8) is 0 Å². The summed E-state index contributed by atoms with van der Waals surface area (Å²) in [4.78, 5) is 12.1. The largest absolute Gasteiger partial charge is 0.431 e. The minimum atomic E-state index is -4.82. The van der Waals surface area contributed by atoms with Gasteiger partial charge in [-0.05, 0) is 18.2 Å². The van der Waals surface area contributed by atoms with Crippen LogP contribution in [0.15, 0.2) is 23.3 Å². The van der Waals surface area contributed by atoms with Crippen LogP contribution in [0.25, 0.3) is 0 Å². The minimum absolute atomic E-state index is 0.287. The molecule has 0 aliphatic carbocycles. The van der Waals surface area contributed by atoms with E-state index in [2.05, 4.69) is 10.4 Å². The number of nitriles is 1. The summed E-state index contributed by atoms with van der Waals surface area (Å²) in [6, 6.07) is 2.56. The zero-order valence-electron chi connectivity index (χ0n) is 12.5. The van der Waals surface area contributed by atoms with Crippen molar-refractivity contribution >= 4 is 17.3 Å². The van der Waals surface area contributed by atoms with Crippen molar-refractivity contribution in [2.24, 2.45) is 5.10 Å². The first-order valence-corrected chi connectivity index (χ1v) is 6.73. The van der Waals surface area contributed by atoms with Crippen LogP contribution in [0, 0.1) is 11.3 Å². The third-order valence-corrected chi connectivity index (χ3v) is 3.46. The molecule has 134 valence electrons. The molecule has 25 heavy (non-hydrogen) atoms. The molecule has 5 nitrogen and oxygen atoms in total. The number of hydrogen-bond donors (Lipinski definition) is 1. The van der Waals surface area contributed by atoms with Crippen LogP contribution in [-0.2, 0) is 11.0 Å². The maximum Gasteiger partial charge on any atom is 0.431 e. The van der Waals surface area contributed by atoms with Crippen LogP contribution in [0.2, 0.25) is 0 Å². The zero-order chi connectivity index (χ0) is 19.0. The Hall–Kier alpha value is -2.77. The highest BCUT2D eigenvalue weighted by Gasteiger charge is 2.44. The first-order valence-electron chi connectivity index (χ1n) is 6.73. The Labute approximate surface area is 137 Å². The van der Waals surface area contributed by atoms with E-state index >= 15 is 0 Å². The van der Waals surface area contributed by atoms with Crippen molar-refractivity contribution in [2.45, 2.75) is 24.8 Å². The second-order valence-electron chi connectivity index (χ2n) is 5.20. The van der Waals surface area contributed by atoms with Gasteiger partial charge in [0.1, 0.15) is 11.8 Å². The highest BCUT2D eigenvalue weighted by molar-refractivity contribution is 6.01. The number of halogens is 6. The number of rotatable bonds is 2. The fourth-order valence-corrected chi connectivity index (χ4v) is 2.23. The molecule has 1 atom stereocenters. The SMILES string of the molecule is CN1N=C(C(F)(F)F)C[C@H]1C(=O)Nc1ccc(C#N)c(C(F)(F)F)c1. The fraction of sp³-hybridized carbons (Fsp3) is 0.357. The van der Waals surface area contributed by atoms with Gasteiger partial charge in [0.05, 0.1) is 17.2 Å². The minimum Gasteiger partial charge on any atom is -0.324 e. The van der Waals surface area contributed by atoms with E-state index < -0.39 is 47.6 Å². The average Bonchev–Trinajstić information content (AvgIpc) is 2.88. The van der Waals surface area contributed by atoms with E-state index in [-0.39, 0.29) is 5.69 Å². The molecule has 0 unspecified atom stereocenters. The molecule has 1 amide bonds. The number of anilines is 1. The van der Waals surface area contributed by atoms with E-state index in [9.17, 15) is 31.1 Å². The highest BCUT2D eigenvalue weighted by Crippen LogP contribution is 2.34. The molecule has 0 aromatic heterocycles. The van der Waals surface area contributed by atoms with E-state index in [1.54, 1.807) is 0 Å². The average molecular weight is 364 g/mol. The number of amides is 1. The Bertz CT molecular complexity index is 762. The third-order valence-electron chi connectivity index (χ3n) is 3.46. The van der Waals surface area contributed by atoms with Crippen molar-refractivity contribution in [1.82, 2.24) is 5.01 Å². The molecule has 11 heteroatoms. The number of nitrogens with zero attached hydrogens (tertiary/aromatic N) is 3. The van der Waals surface area contributed by atoms with Gasteiger partial charge in [-0.1, -0.05) is 0 Å². The van der Waals surface area contributed by atoms with E-state index in [1.807, 2.05) is 0 Å². The lowest BCUT2D eigenvalue weighted by atomic mass is 10.1. The van der Waals surface area contributed by atoms with E-state index in [0.29, 0.717) is 6.07 Å². The second-order valence-corrected chi connectivity index (χ2v) is 5.20. The maximum absolute atomic E-state index is 12.9. The molecule has 1 aliphatic heterocycles. The monoisotopic (exact) mass is 364 g/mol. The number of benzene rings is 1. The van der Waals surface area contributed by atoms with Crippen LogP contribution in [0.5, 0.6) is 0 Å². The zero-order valence-corrected chi connectivity index (χ0v) is 12.5. The molecule has 0 bridgehead atoms. The number of hydrazone groups is 1. The van der Waals surface area contributed by atoms with Gasteiger partial charge >= 0.3 is 12.4 Å². The summed E-state index contributed by atoms with van der Waals surface area (Å²) < 4.78 is 76.5. The summed E-state index contributed by atoms with van der Waals surface area (Å²) in [5, 5.41) is 14.8. The Morgan fingerprint density at radius 3 is 2.40 bits per heavy atom. The van der Waals surface area contributed by atoms with Crippen LogP contribution in [-0.4, -0.2) is 35.9 Å². The number of carbonyl (C=O) groups excluding carboxylic acids is 1. The third kappa shape index (κ3) is 4.01. The lowest BCUT2D eigenvalue weighted by Crippen LogP contribution is -2.37. The molecule has 2 rings (SSSR count). The summed E-state index contributed by atoms with van der Waals surface area (Å²) in [5.41, 5.74) is -3.32. The number of likely N-dealkylation sites (N-methyl/N-ethyl adjacent to an activating group) is 1. The van der Waals surface area contributed by atoms with E-state index in [4.69, 9.17) is 5.26 Å². The van der Waals surface area contributed by atoms with Crippen molar-refractivity contribution in [3.05, 3.63) is 29.3 Å². The molecule has 1 heterocycles. The quantitative estimate of drug-likeness (QED) is 0.820. The Morgan fingerprint density at radius 1 is 1.28 bits per heavy atom. The molecule has 1 aromatic carbocycles. The van der Waals surface area contributed by atoms with Crippen molar-refractivity contribution < 1.29 is 31.1 Å². The molecular weight excluding hydrogens is 354 g/mol. The van der Waals surface area contributed by atoms with Gasteiger partial charge in [-0.2, -0.15) is 36.7 Å². The lowest BCUT2D eigenvalue weighted by molar-refractivity contribution is -0.137. The van der Waals surface area contributed by atoms with Gasteiger partial charge in [-0.25, -0.2) is 0 Å². The Morgan fingerprint density at radius 2 is 1.92 bits per heavy atom. The van der Waals surface area contributed by atoms with Gasteiger partial charge in [0, 0.05) is 19.2 Å². The predicted octanol–water partition coefficient (Wildman–Crippen LogP) is 3.14. The first kappa shape index (κ1) is 18.6. The van der Waals surface area contributed by atoms with E-state index in [0.717, 1.165) is 24.2 Å². The van der Waals surface area contributed by atoms with Gasteiger partial charge in [0.2, 0.25) is 5.91 Å². The predicted molar refractivity (Wildman–Crippen MR) is 74.4 cm³/mol. The molecule has 1 aromatic rings. The standard InChI is InChI=1S/C14H10F6N4O/c1-24-10(5-11(23-24)14(18,19)20)12(25)22-8-3-2-7(6-21)9(4-8)13(15,16)17/h2-4,10H,5H2,1H3,(H,22,25)/t10-/m0/s1. The summed E-state index contributed by atoms with van der Waals surface area (Å²) in [5.74, 6) is -0.941. The van der Waals surface area contributed by atoms with Gasteiger partial charge in [-0.3, -0.25) is 9.80 Å². The van der Waals surface area contributed by atoms with Crippen LogP contribution in [0.3, 0.4) is 0 Å². The molecular formula is C14H10F6N4O. The molecule has 0 saturated heterocycles. The maximum atomic E-state index is 12.9. The molecule has 0 radical (unpaired) electrons. The first-order chi connectivity index (χ1) is 11.4. The van der Waals surface area contributed by atoms with Crippen LogP contribution in [0.1, 0.15) is 17.5 Å². The summed E-state index contributed by atoms with van der Waals surface area (Å²) in [6.45, 7) is 0. The van der Waals surface area contributed by atoms with Crippen molar-refractivity contribution in [1.29, 1.82) is 5.26 Å². The Balaban J connectivity index is 2.19. The number of nitrogens with one attached hydrogen (secondary N) is 1. The smallest absolute Gasteiger partial charge is 0.324 e. The van der Waals surface area contributed by atoms with E-state index in [1.165, 1.54) is 6.07 Å². The molecule has 0 saturated carbocycles. The Kier molecular flexibility index (Phi) is 4.66. The second kappa shape index (κ2) is 6.27. The fourth-order valence-electron chi connectivity index (χ4n) is 2.23. The van der Waals surface area contributed by atoms with Gasteiger partial charge in [0.25, 0.3) is 0 Å². The van der Waals surface area contributed by atoms with Crippen molar-refractivity contribution in [2.75, 3.05) is 12.4 Å². The van der Waals surface area contributed by atoms with Gasteiger partial charge in [-0.15, -0.1) is 0 Å². The lowest BCUT2D eigenvalue weighted by Gasteiger charge is -2.18. The molecule has 0 fully saturated rings. The normalized spacial score (nSPS) is 17.9. The summed E-state index contributed by atoms with van der Waals surface area (Å²) in [7, 11) is 1.16. The van der Waals surface area contributed by atoms with Crippen LogP contribution < -0.4 is 5.32 Å². The molecule has 1 N–H and O–H groups in total. The molecule has 0 spiro atoms. The van der Waals surface area contributed by atoms with Gasteiger partial charge < -0.3 is 5.32 Å². The van der Waals surface area contributed by atoms with Crippen LogP contribution in [0.4, 0.5) is 32.0 Å². The number of alkyl halides is 6. The molecule has 1 aliphatic rings. The number of hydrogen-bond acceptors (Lipinski definition) is 4. The van der Waals surface area contributed by atoms with Crippen molar-refractivity contribution in [3.8, 4) is 6.07 Å². The topological polar surface area (TPSA) is 68.5 Å².